The van der Waals surface area contributed by atoms with Crippen molar-refractivity contribution >= 4 is 34.7 Å². The lowest BCUT2D eigenvalue weighted by Crippen LogP contribution is -2.35. The molecular weight excluding hydrogens is 400 g/mol. The molecule has 0 saturated carbocycles. The predicted molar refractivity (Wildman–Crippen MR) is 121 cm³/mol. The number of morpholine rings is 1. The standard InChI is InChI=1S/C23H24N2O2S2/c26-23(21-8-1-2-9-22(21)29-17-20-7-4-14-28-20)24-19-6-3-5-18(15-19)16-25-10-12-27-13-11-25/h1-9,14-15H,10-13,16-17H2,(H,24,26). The summed E-state index contributed by atoms with van der Waals surface area (Å²) in [6.07, 6.45) is 0. The van der Waals surface area contributed by atoms with E-state index in [1.807, 2.05) is 36.4 Å². The Morgan fingerprint density at radius 1 is 1.07 bits per heavy atom. The van der Waals surface area contributed by atoms with Crippen LogP contribution in [0.4, 0.5) is 5.69 Å². The van der Waals surface area contributed by atoms with Crippen LogP contribution in [0.25, 0.3) is 0 Å². The minimum absolute atomic E-state index is 0.0668. The molecule has 1 amide bonds. The average Bonchev–Trinajstić information content (AvgIpc) is 3.27. The molecule has 0 spiro atoms. The second-order valence-electron chi connectivity index (χ2n) is 6.91. The van der Waals surface area contributed by atoms with Crippen LogP contribution in [0.3, 0.4) is 0 Å². The number of thioether (sulfide) groups is 1. The Hall–Kier alpha value is -2.12. The molecule has 0 atom stereocenters. The summed E-state index contributed by atoms with van der Waals surface area (Å²) >= 11 is 3.44. The van der Waals surface area contributed by atoms with Gasteiger partial charge in [-0.25, -0.2) is 0 Å². The van der Waals surface area contributed by atoms with Crippen molar-refractivity contribution in [3.63, 3.8) is 0 Å². The van der Waals surface area contributed by atoms with Crippen LogP contribution in [0.5, 0.6) is 0 Å². The molecule has 2 aromatic carbocycles. The number of amides is 1. The maximum absolute atomic E-state index is 12.9. The Labute approximate surface area is 179 Å². The molecule has 29 heavy (non-hydrogen) atoms. The van der Waals surface area contributed by atoms with E-state index in [2.05, 4.69) is 39.9 Å². The van der Waals surface area contributed by atoms with Crippen molar-refractivity contribution in [1.29, 1.82) is 0 Å². The van der Waals surface area contributed by atoms with Crippen LogP contribution in [-0.2, 0) is 17.0 Å². The van der Waals surface area contributed by atoms with E-state index in [-0.39, 0.29) is 5.91 Å². The van der Waals surface area contributed by atoms with Crippen LogP contribution in [0, 0.1) is 0 Å². The van der Waals surface area contributed by atoms with Gasteiger partial charge < -0.3 is 10.1 Å². The fraction of sp³-hybridized carbons (Fsp3) is 0.261. The summed E-state index contributed by atoms with van der Waals surface area (Å²) in [5.41, 5.74) is 2.75. The zero-order valence-corrected chi connectivity index (χ0v) is 17.8. The molecule has 1 aliphatic rings. The third-order valence-electron chi connectivity index (χ3n) is 4.78. The van der Waals surface area contributed by atoms with Gasteiger partial charge in [0.25, 0.3) is 5.91 Å². The largest absolute Gasteiger partial charge is 0.379 e. The maximum Gasteiger partial charge on any atom is 0.256 e. The molecule has 0 bridgehead atoms. The molecule has 3 aromatic rings. The molecule has 0 radical (unpaired) electrons. The second kappa shape index (κ2) is 10.1. The SMILES string of the molecule is O=C(Nc1cccc(CN2CCOCC2)c1)c1ccccc1SCc1cccs1. The Bertz CT molecular complexity index is 938. The first kappa shape index (κ1) is 20.2. The summed E-state index contributed by atoms with van der Waals surface area (Å²) < 4.78 is 5.42. The average molecular weight is 425 g/mol. The van der Waals surface area contributed by atoms with Gasteiger partial charge >= 0.3 is 0 Å². The monoisotopic (exact) mass is 424 g/mol. The number of carbonyl (C=O) groups is 1. The summed E-state index contributed by atoms with van der Waals surface area (Å²) in [6, 6.07) is 20.1. The molecule has 6 heteroatoms. The van der Waals surface area contributed by atoms with Crippen molar-refractivity contribution in [2.24, 2.45) is 0 Å². The molecule has 0 unspecified atom stereocenters. The van der Waals surface area contributed by atoms with Crippen LogP contribution in [0.15, 0.2) is 70.9 Å². The molecule has 1 aliphatic heterocycles. The molecule has 4 nitrogen and oxygen atoms in total. The third kappa shape index (κ3) is 5.70. The van der Waals surface area contributed by atoms with E-state index in [9.17, 15) is 4.79 Å². The zero-order chi connectivity index (χ0) is 19.9. The number of thiophene rings is 1. The Morgan fingerprint density at radius 2 is 1.93 bits per heavy atom. The van der Waals surface area contributed by atoms with Crippen LogP contribution in [0.2, 0.25) is 0 Å². The first-order chi connectivity index (χ1) is 14.3. The van der Waals surface area contributed by atoms with Gasteiger partial charge in [0, 0.05) is 40.8 Å². The van der Waals surface area contributed by atoms with E-state index < -0.39 is 0 Å². The number of carbonyl (C=O) groups excluding carboxylic acids is 1. The van der Waals surface area contributed by atoms with E-state index in [4.69, 9.17) is 4.74 Å². The first-order valence-corrected chi connectivity index (χ1v) is 11.6. The van der Waals surface area contributed by atoms with Crippen molar-refractivity contribution in [3.05, 3.63) is 82.0 Å². The quantitative estimate of drug-likeness (QED) is 0.534. The second-order valence-corrected chi connectivity index (χ2v) is 8.96. The van der Waals surface area contributed by atoms with E-state index in [1.165, 1.54) is 10.4 Å². The minimum atomic E-state index is -0.0668. The fourth-order valence-corrected chi connectivity index (χ4v) is 5.11. The van der Waals surface area contributed by atoms with Gasteiger partial charge in [-0.1, -0.05) is 30.3 Å². The third-order valence-corrected chi connectivity index (χ3v) is 6.96. The van der Waals surface area contributed by atoms with Crippen molar-refractivity contribution in [1.82, 2.24) is 4.90 Å². The van der Waals surface area contributed by atoms with Crippen molar-refractivity contribution in [3.8, 4) is 0 Å². The van der Waals surface area contributed by atoms with Gasteiger partial charge in [0.15, 0.2) is 0 Å². The number of anilines is 1. The van der Waals surface area contributed by atoms with E-state index in [1.54, 1.807) is 23.1 Å². The molecule has 0 aliphatic carbocycles. The molecule has 1 aromatic heterocycles. The fourth-order valence-electron chi connectivity index (χ4n) is 3.29. The van der Waals surface area contributed by atoms with Crippen molar-refractivity contribution < 1.29 is 9.53 Å². The molecule has 150 valence electrons. The Morgan fingerprint density at radius 3 is 2.76 bits per heavy atom. The number of nitrogens with one attached hydrogen (secondary N) is 1. The number of hydrogen-bond donors (Lipinski definition) is 1. The Balaban J connectivity index is 1.42. The van der Waals surface area contributed by atoms with Gasteiger partial charge in [0.2, 0.25) is 0 Å². The first-order valence-electron chi connectivity index (χ1n) is 9.72. The lowest BCUT2D eigenvalue weighted by atomic mass is 10.1. The highest BCUT2D eigenvalue weighted by Gasteiger charge is 2.14. The van der Waals surface area contributed by atoms with Gasteiger partial charge in [-0.3, -0.25) is 9.69 Å². The highest BCUT2D eigenvalue weighted by molar-refractivity contribution is 7.98. The van der Waals surface area contributed by atoms with Gasteiger partial charge in [-0.2, -0.15) is 0 Å². The summed E-state index contributed by atoms with van der Waals surface area (Å²) in [7, 11) is 0. The van der Waals surface area contributed by atoms with E-state index in [0.29, 0.717) is 5.56 Å². The Kier molecular flexibility index (Phi) is 7.00. The zero-order valence-electron chi connectivity index (χ0n) is 16.2. The lowest BCUT2D eigenvalue weighted by molar-refractivity contribution is 0.0342. The predicted octanol–water partition coefficient (Wildman–Crippen LogP) is 5.12. The summed E-state index contributed by atoms with van der Waals surface area (Å²) in [4.78, 5) is 17.6. The smallest absolute Gasteiger partial charge is 0.256 e. The molecule has 1 N–H and O–H groups in total. The molecular formula is C23H24N2O2S2. The van der Waals surface area contributed by atoms with Gasteiger partial charge in [0.05, 0.1) is 18.8 Å². The van der Waals surface area contributed by atoms with Crippen LogP contribution < -0.4 is 5.32 Å². The number of nitrogens with zero attached hydrogens (tertiary/aromatic N) is 1. The lowest BCUT2D eigenvalue weighted by Gasteiger charge is -2.26. The molecule has 1 saturated heterocycles. The van der Waals surface area contributed by atoms with Crippen LogP contribution in [-0.4, -0.2) is 37.1 Å². The number of ether oxygens (including phenoxy) is 1. The molecule has 2 heterocycles. The topological polar surface area (TPSA) is 41.6 Å². The number of hydrogen-bond acceptors (Lipinski definition) is 5. The van der Waals surface area contributed by atoms with Crippen molar-refractivity contribution in [2.75, 3.05) is 31.6 Å². The van der Waals surface area contributed by atoms with Crippen molar-refractivity contribution in [2.45, 2.75) is 17.2 Å². The number of rotatable bonds is 7. The minimum Gasteiger partial charge on any atom is -0.379 e. The van der Waals surface area contributed by atoms with Crippen LogP contribution in [0.1, 0.15) is 20.8 Å². The number of benzene rings is 2. The normalized spacial score (nSPS) is 14.6. The summed E-state index contributed by atoms with van der Waals surface area (Å²) in [6.45, 7) is 4.35. The molecule has 1 fully saturated rings. The van der Waals surface area contributed by atoms with Gasteiger partial charge in [-0.05, 0) is 41.3 Å². The van der Waals surface area contributed by atoms with Gasteiger partial charge in [0.1, 0.15) is 0 Å². The molecule has 4 rings (SSSR count). The van der Waals surface area contributed by atoms with E-state index in [0.717, 1.165) is 49.2 Å². The maximum atomic E-state index is 12.9. The summed E-state index contributed by atoms with van der Waals surface area (Å²) in [5.74, 6) is 0.805. The van der Waals surface area contributed by atoms with Crippen LogP contribution >= 0.6 is 23.1 Å². The van der Waals surface area contributed by atoms with Gasteiger partial charge in [-0.15, -0.1) is 23.1 Å². The highest BCUT2D eigenvalue weighted by atomic mass is 32.2. The summed E-state index contributed by atoms with van der Waals surface area (Å²) in [5, 5.41) is 5.16. The highest BCUT2D eigenvalue weighted by Crippen LogP contribution is 2.28. The van der Waals surface area contributed by atoms with E-state index >= 15 is 0 Å².